The summed E-state index contributed by atoms with van der Waals surface area (Å²) in [5.74, 6) is 3.58. The predicted octanol–water partition coefficient (Wildman–Crippen LogP) is 1.00. The second kappa shape index (κ2) is 4.04. The van der Waals surface area contributed by atoms with Gasteiger partial charge in [0.1, 0.15) is 5.82 Å². The summed E-state index contributed by atoms with van der Waals surface area (Å²) in [6, 6.07) is 2.21. The molecule has 1 saturated heterocycles. The van der Waals surface area contributed by atoms with Crippen molar-refractivity contribution in [2.45, 2.75) is 13.0 Å². The molecular formula is C9H14N4S. The van der Waals surface area contributed by atoms with E-state index >= 15 is 0 Å². The highest BCUT2D eigenvalue weighted by atomic mass is 32.2. The van der Waals surface area contributed by atoms with Gasteiger partial charge in [-0.05, 0) is 13.0 Å². The third-order valence-electron chi connectivity index (χ3n) is 2.29. The molecule has 0 radical (unpaired) electrons. The van der Waals surface area contributed by atoms with Crippen molar-refractivity contribution < 1.29 is 0 Å². The van der Waals surface area contributed by atoms with Gasteiger partial charge in [-0.1, -0.05) is 0 Å². The summed E-state index contributed by atoms with van der Waals surface area (Å²) >= 11 is 1.98. The van der Waals surface area contributed by atoms with Crippen LogP contribution in [0.25, 0.3) is 0 Å². The highest BCUT2D eigenvalue weighted by molar-refractivity contribution is 7.99. The molecule has 2 N–H and O–H groups in total. The maximum Gasteiger partial charge on any atom is 0.227 e. The fourth-order valence-electron chi connectivity index (χ4n) is 1.52. The molecule has 0 saturated carbocycles. The largest absolute Gasteiger partial charge is 0.384 e. The third-order valence-corrected chi connectivity index (χ3v) is 3.48. The number of nitrogens with two attached hydrogens (primary N) is 1. The maximum absolute atomic E-state index is 5.63. The van der Waals surface area contributed by atoms with Crippen LogP contribution in [0.3, 0.4) is 0 Å². The molecule has 0 amide bonds. The third kappa shape index (κ3) is 1.92. The quantitative estimate of drug-likeness (QED) is 0.749. The molecular weight excluding hydrogens is 196 g/mol. The van der Waals surface area contributed by atoms with E-state index in [1.54, 1.807) is 12.3 Å². The average Bonchev–Trinajstić information content (AvgIpc) is 2.18. The van der Waals surface area contributed by atoms with Crippen LogP contribution in [-0.2, 0) is 0 Å². The summed E-state index contributed by atoms with van der Waals surface area (Å²) in [6.07, 6.45) is 1.71. The van der Waals surface area contributed by atoms with Gasteiger partial charge in [-0.25, -0.2) is 4.98 Å². The van der Waals surface area contributed by atoms with Gasteiger partial charge in [-0.2, -0.15) is 16.7 Å². The molecule has 0 bridgehead atoms. The molecule has 1 unspecified atom stereocenters. The van der Waals surface area contributed by atoms with Crippen molar-refractivity contribution in [3.63, 3.8) is 0 Å². The Balaban J connectivity index is 2.20. The Hall–Kier alpha value is -0.970. The van der Waals surface area contributed by atoms with Crippen LogP contribution in [0, 0.1) is 0 Å². The van der Waals surface area contributed by atoms with Crippen LogP contribution in [0.15, 0.2) is 12.3 Å². The van der Waals surface area contributed by atoms with Crippen molar-refractivity contribution in [1.82, 2.24) is 9.97 Å². The van der Waals surface area contributed by atoms with Gasteiger partial charge in [0.15, 0.2) is 0 Å². The van der Waals surface area contributed by atoms with E-state index in [9.17, 15) is 0 Å². The van der Waals surface area contributed by atoms with Gasteiger partial charge in [-0.3, -0.25) is 0 Å². The van der Waals surface area contributed by atoms with Crippen LogP contribution in [0.1, 0.15) is 6.92 Å². The summed E-state index contributed by atoms with van der Waals surface area (Å²) in [4.78, 5) is 10.7. The van der Waals surface area contributed by atoms with E-state index in [2.05, 4.69) is 21.8 Å². The minimum atomic E-state index is 0.496. The van der Waals surface area contributed by atoms with Crippen LogP contribution >= 0.6 is 11.8 Å². The van der Waals surface area contributed by atoms with E-state index in [0.29, 0.717) is 11.9 Å². The first-order valence-corrected chi connectivity index (χ1v) is 5.86. The standard InChI is InChI=1S/C9H14N4S/c1-7-6-14-5-4-13(7)9-11-3-2-8(10)12-9/h2-3,7H,4-6H2,1H3,(H2,10,11,12). The topological polar surface area (TPSA) is 55.0 Å². The van der Waals surface area contributed by atoms with E-state index in [0.717, 1.165) is 24.0 Å². The number of nitrogens with zero attached hydrogens (tertiary/aromatic N) is 3. The number of anilines is 2. The zero-order valence-corrected chi connectivity index (χ0v) is 9.00. The van der Waals surface area contributed by atoms with Crippen molar-refractivity contribution in [1.29, 1.82) is 0 Å². The molecule has 76 valence electrons. The average molecular weight is 210 g/mol. The number of thioether (sulfide) groups is 1. The fourth-order valence-corrected chi connectivity index (χ4v) is 2.54. The van der Waals surface area contributed by atoms with Crippen LogP contribution in [0.2, 0.25) is 0 Å². The van der Waals surface area contributed by atoms with Crippen LogP contribution in [0.4, 0.5) is 11.8 Å². The number of hydrogen-bond acceptors (Lipinski definition) is 5. The summed E-state index contributed by atoms with van der Waals surface area (Å²) in [5, 5.41) is 0. The van der Waals surface area contributed by atoms with Gasteiger partial charge in [0.25, 0.3) is 0 Å². The molecule has 2 heterocycles. The van der Waals surface area contributed by atoms with Crippen molar-refractivity contribution >= 4 is 23.5 Å². The van der Waals surface area contributed by atoms with E-state index in [4.69, 9.17) is 5.73 Å². The second-order valence-corrected chi connectivity index (χ2v) is 4.55. The Labute approximate surface area is 87.9 Å². The molecule has 4 nitrogen and oxygen atoms in total. The van der Waals surface area contributed by atoms with Gasteiger partial charge >= 0.3 is 0 Å². The number of aromatic nitrogens is 2. The van der Waals surface area contributed by atoms with Gasteiger partial charge in [-0.15, -0.1) is 0 Å². The normalized spacial score (nSPS) is 22.4. The molecule has 2 rings (SSSR count). The van der Waals surface area contributed by atoms with Crippen LogP contribution < -0.4 is 10.6 Å². The number of nitrogen functional groups attached to an aromatic ring is 1. The fraction of sp³-hybridized carbons (Fsp3) is 0.556. The minimum Gasteiger partial charge on any atom is -0.384 e. The summed E-state index contributed by atoms with van der Waals surface area (Å²) in [6.45, 7) is 3.20. The first-order chi connectivity index (χ1) is 6.77. The lowest BCUT2D eigenvalue weighted by Crippen LogP contribution is -2.41. The SMILES string of the molecule is CC1CSCCN1c1nccc(N)n1. The van der Waals surface area contributed by atoms with Crippen molar-refractivity contribution in [3.8, 4) is 0 Å². The Morgan fingerprint density at radius 2 is 2.50 bits per heavy atom. The van der Waals surface area contributed by atoms with E-state index in [1.807, 2.05) is 11.8 Å². The van der Waals surface area contributed by atoms with Gasteiger partial charge in [0.2, 0.25) is 5.95 Å². The Bertz CT molecular complexity index is 317. The lowest BCUT2D eigenvalue weighted by Gasteiger charge is -2.32. The maximum atomic E-state index is 5.63. The van der Waals surface area contributed by atoms with Crippen molar-refractivity contribution in [2.24, 2.45) is 0 Å². The summed E-state index contributed by atoms with van der Waals surface area (Å²) in [7, 11) is 0. The Kier molecular flexibility index (Phi) is 2.77. The first-order valence-electron chi connectivity index (χ1n) is 4.70. The van der Waals surface area contributed by atoms with E-state index in [1.165, 1.54) is 0 Å². The molecule has 1 aliphatic rings. The summed E-state index contributed by atoms with van der Waals surface area (Å²) in [5.41, 5.74) is 5.63. The summed E-state index contributed by atoms with van der Waals surface area (Å²) < 4.78 is 0. The Morgan fingerprint density at radius 1 is 1.64 bits per heavy atom. The molecule has 0 spiro atoms. The number of rotatable bonds is 1. The zero-order valence-electron chi connectivity index (χ0n) is 8.18. The highest BCUT2D eigenvalue weighted by Crippen LogP contribution is 2.20. The van der Waals surface area contributed by atoms with Gasteiger partial charge in [0, 0.05) is 30.3 Å². The van der Waals surface area contributed by atoms with E-state index in [-0.39, 0.29) is 0 Å². The molecule has 1 aliphatic heterocycles. The number of hydrogen-bond donors (Lipinski definition) is 1. The molecule has 1 atom stereocenters. The molecule has 5 heteroatoms. The lowest BCUT2D eigenvalue weighted by atomic mass is 10.3. The second-order valence-electron chi connectivity index (χ2n) is 3.40. The minimum absolute atomic E-state index is 0.496. The first kappa shape index (κ1) is 9.58. The van der Waals surface area contributed by atoms with Crippen LogP contribution in [0.5, 0.6) is 0 Å². The molecule has 1 aromatic heterocycles. The van der Waals surface area contributed by atoms with Gasteiger partial charge < -0.3 is 10.6 Å². The molecule has 0 aromatic carbocycles. The predicted molar refractivity (Wildman–Crippen MR) is 60.6 cm³/mol. The smallest absolute Gasteiger partial charge is 0.227 e. The van der Waals surface area contributed by atoms with Crippen LogP contribution in [-0.4, -0.2) is 34.1 Å². The molecule has 14 heavy (non-hydrogen) atoms. The molecule has 1 aromatic rings. The zero-order chi connectivity index (χ0) is 9.97. The molecule has 0 aliphatic carbocycles. The van der Waals surface area contributed by atoms with Crippen molar-refractivity contribution in [2.75, 3.05) is 28.7 Å². The lowest BCUT2D eigenvalue weighted by molar-refractivity contribution is 0.678. The Morgan fingerprint density at radius 3 is 3.21 bits per heavy atom. The van der Waals surface area contributed by atoms with Crippen molar-refractivity contribution in [3.05, 3.63) is 12.3 Å². The molecule has 1 fully saturated rings. The van der Waals surface area contributed by atoms with E-state index < -0.39 is 0 Å². The highest BCUT2D eigenvalue weighted by Gasteiger charge is 2.20. The van der Waals surface area contributed by atoms with Gasteiger partial charge in [0.05, 0.1) is 0 Å². The monoisotopic (exact) mass is 210 g/mol.